The van der Waals surface area contributed by atoms with Crippen molar-refractivity contribution in [2.75, 3.05) is 13.2 Å². The molecule has 3 aromatic carbocycles. The van der Waals surface area contributed by atoms with Gasteiger partial charge in [-0.25, -0.2) is 0 Å². The molecular formula is C29H34N2O3. The van der Waals surface area contributed by atoms with Crippen molar-refractivity contribution >= 4 is 11.8 Å². The van der Waals surface area contributed by atoms with Gasteiger partial charge in [0.25, 0.3) is 5.91 Å². The summed E-state index contributed by atoms with van der Waals surface area (Å²) in [6.45, 7) is 8.59. The summed E-state index contributed by atoms with van der Waals surface area (Å²) in [5.41, 5.74) is 5.16. The van der Waals surface area contributed by atoms with Gasteiger partial charge in [0.2, 0.25) is 5.91 Å². The fraction of sp³-hybridized carbons (Fsp3) is 0.310. The number of aryl methyl sites for hydroxylation is 2. The van der Waals surface area contributed by atoms with Crippen molar-refractivity contribution in [3.05, 3.63) is 101 Å². The van der Waals surface area contributed by atoms with E-state index in [0.717, 1.165) is 27.8 Å². The molecule has 2 amide bonds. The molecule has 0 spiro atoms. The van der Waals surface area contributed by atoms with E-state index in [2.05, 4.69) is 11.4 Å². The maximum absolute atomic E-state index is 13.6. The molecule has 34 heavy (non-hydrogen) atoms. The van der Waals surface area contributed by atoms with Crippen LogP contribution in [0, 0.1) is 20.8 Å². The van der Waals surface area contributed by atoms with E-state index in [1.165, 1.54) is 0 Å². The van der Waals surface area contributed by atoms with Crippen LogP contribution in [0.15, 0.2) is 72.8 Å². The number of hydrogen-bond donors (Lipinski definition) is 1. The first-order valence-corrected chi connectivity index (χ1v) is 11.7. The molecule has 0 aliphatic carbocycles. The normalized spacial score (nSPS) is 11.5. The summed E-state index contributed by atoms with van der Waals surface area (Å²) in [5, 5.41) is 2.91. The van der Waals surface area contributed by atoms with Gasteiger partial charge >= 0.3 is 0 Å². The number of likely N-dealkylation sites (N-methyl/N-ethyl adjacent to an activating group) is 1. The molecule has 178 valence electrons. The Bertz CT molecular complexity index is 1100. The Morgan fingerprint density at radius 1 is 0.912 bits per heavy atom. The third-order valence-corrected chi connectivity index (χ3v) is 5.93. The number of carbonyl (C=O) groups is 2. The Hall–Kier alpha value is -3.60. The summed E-state index contributed by atoms with van der Waals surface area (Å²) in [6, 6.07) is 22.9. The summed E-state index contributed by atoms with van der Waals surface area (Å²) < 4.78 is 6.00. The molecule has 0 saturated heterocycles. The van der Waals surface area contributed by atoms with Gasteiger partial charge in [-0.15, -0.1) is 0 Å². The van der Waals surface area contributed by atoms with Crippen molar-refractivity contribution in [3.63, 3.8) is 0 Å². The van der Waals surface area contributed by atoms with Crippen LogP contribution in [0.3, 0.4) is 0 Å². The smallest absolute Gasteiger partial charge is 0.261 e. The molecule has 1 atom stereocenters. The van der Waals surface area contributed by atoms with E-state index in [-0.39, 0.29) is 18.4 Å². The maximum atomic E-state index is 13.6. The van der Waals surface area contributed by atoms with Crippen molar-refractivity contribution in [2.24, 2.45) is 0 Å². The van der Waals surface area contributed by atoms with E-state index in [4.69, 9.17) is 4.74 Å². The molecule has 0 saturated carbocycles. The minimum atomic E-state index is -0.654. The Balaban J connectivity index is 1.89. The zero-order valence-electron chi connectivity index (χ0n) is 20.5. The van der Waals surface area contributed by atoms with Crippen molar-refractivity contribution in [2.45, 2.75) is 46.7 Å². The summed E-state index contributed by atoms with van der Waals surface area (Å²) >= 11 is 0. The zero-order chi connectivity index (χ0) is 24.5. The molecular weight excluding hydrogens is 424 g/mol. The Labute approximate surface area is 202 Å². The summed E-state index contributed by atoms with van der Waals surface area (Å²) in [4.78, 5) is 28.4. The molecule has 0 aliphatic heterocycles. The zero-order valence-corrected chi connectivity index (χ0v) is 20.5. The van der Waals surface area contributed by atoms with Gasteiger partial charge in [0.15, 0.2) is 6.61 Å². The third-order valence-electron chi connectivity index (χ3n) is 5.93. The summed E-state index contributed by atoms with van der Waals surface area (Å²) in [5.74, 6) is 0.302. The number of carbonyl (C=O) groups excluding carboxylic acids is 2. The Kier molecular flexibility index (Phi) is 8.86. The van der Waals surface area contributed by atoms with Gasteiger partial charge in [-0.1, -0.05) is 66.7 Å². The van der Waals surface area contributed by atoms with Crippen LogP contribution in [0.5, 0.6) is 5.75 Å². The first-order valence-electron chi connectivity index (χ1n) is 11.7. The molecule has 0 radical (unpaired) electrons. The lowest BCUT2D eigenvalue weighted by atomic mass is 10.0. The molecule has 0 fully saturated rings. The van der Waals surface area contributed by atoms with Crippen LogP contribution in [0.25, 0.3) is 0 Å². The van der Waals surface area contributed by atoms with Crippen LogP contribution in [0.1, 0.15) is 34.7 Å². The fourth-order valence-corrected chi connectivity index (χ4v) is 4.00. The van der Waals surface area contributed by atoms with Crippen LogP contribution in [-0.4, -0.2) is 35.9 Å². The lowest BCUT2D eigenvalue weighted by Gasteiger charge is -2.31. The topological polar surface area (TPSA) is 58.6 Å². The molecule has 0 heterocycles. The van der Waals surface area contributed by atoms with Crippen LogP contribution in [0.2, 0.25) is 0 Å². The van der Waals surface area contributed by atoms with E-state index in [1.54, 1.807) is 4.90 Å². The minimum absolute atomic E-state index is 0.138. The van der Waals surface area contributed by atoms with Crippen molar-refractivity contribution in [1.82, 2.24) is 10.2 Å². The molecule has 0 aliphatic rings. The van der Waals surface area contributed by atoms with Gasteiger partial charge < -0.3 is 15.0 Å². The Morgan fingerprint density at radius 2 is 1.53 bits per heavy atom. The van der Waals surface area contributed by atoms with Gasteiger partial charge in [0.1, 0.15) is 11.8 Å². The molecule has 5 nitrogen and oxygen atoms in total. The molecule has 3 aromatic rings. The highest BCUT2D eigenvalue weighted by Gasteiger charge is 2.30. The fourth-order valence-electron chi connectivity index (χ4n) is 4.00. The average molecular weight is 459 g/mol. The van der Waals surface area contributed by atoms with Crippen LogP contribution < -0.4 is 10.1 Å². The van der Waals surface area contributed by atoms with Crippen molar-refractivity contribution in [3.8, 4) is 5.75 Å². The molecule has 1 unspecified atom stereocenters. The van der Waals surface area contributed by atoms with Crippen molar-refractivity contribution in [1.29, 1.82) is 0 Å². The third kappa shape index (κ3) is 6.70. The SMILES string of the molecule is CCNC(=O)C(Cc1ccccc1)N(Cc1ccccc1)C(=O)COc1cc(C)cc(C)c1C. The second-order valence-electron chi connectivity index (χ2n) is 8.60. The molecule has 0 aromatic heterocycles. The molecule has 0 bridgehead atoms. The van der Waals surface area contributed by atoms with Gasteiger partial charge in [0, 0.05) is 19.5 Å². The van der Waals surface area contributed by atoms with Crippen LogP contribution in [-0.2, 0) is 22.6 Å². The second-order valence-corrected chi connectivity index (χ2v) is 8.60. The van der Waals surface area contributed by atoms with Crippen LogP contribution >= 0.6 is 0 Å². The van der Waals surface area contributed by atoms with E-state index >= 15 is 0 Å². The van der Waals surface area contributed by atoms with E-state index in [9.17, 15) is 9.59 Å². The lowest BCUT2D eigenvalue weighted by Crippen LogP contribution is -2.51. The summed E-state index contributed by atoms with van der Waals surface area (Å²) in [7, 11) is 0. The largest absolute Gasteiger partial charge is 0.483 e. The first-order chi connectivity index (χ1) is 16.4. The number of hydrogen-bond acceptors (Lipinski definition) is 3. The Morgan fingerprint density at radius 3 is 2.15 bits per heavy atom. The monoisotopic (exact) mass is 458 g/mol. The van der Waals surface area contributed by atoms with E-state index in [1.807, 2.05) is 94.4 Å². The van der Waals surface area contributed by atoms with Gasteiger partial charge in [-0.3, -0.25) is 9.59 Å². The maximum Gasteiger partial charge on any atom is 0.261 e. The van der Waals surface area contributed by atoms with Gasteiger partial charge in [-0.05, 0) is 61.6 Å². The number of ether oxygens (including phenoxy) is 1. The van der Waals surface area contributed by atoms with Crippen LogP contribution in [0.4, 0.5) is 0 Å². The standard InChI is InChI=1S/C29H34N2O3/c1-5-30-29(33)26(18-24-12-8-6-9-13-24)31(19-25-14-10-7-11-15-25)28(32)20-34-27-17-21(2)16-22(3)23(27)4/h6-17,26H,5,18-20H2,1-4H3,(H,30,33). The predicted octanol–water partition coefficient (Wildman–Crippen LogP) is 4.77. The summed E-state index contributed by atoms with van der Waals surface area (Å²) in [6.07, 6.45) is 0.424. The molecule has 5 heteroatoms. The number of amides is 2. The van der Waals surface area contributed by atoms with Crippen molar-refractivity contribution < 1.29 is 14.3 Å². The minimum Gasteiger partial charge on any atom is -0.483 e. The second kappa shape index (κ2) is 12.0. The number of nitrogens with one attached hydrogen (secondary N) is 1. The number of benzene rings is 3. The number of nitrogens with zero attached hydrogens (tertiary/aromatic N) is 1. The predicted molar refractivity (Wildman–Crippen MR) is 136 cm³/mol. The number of rotatable bonds is 10. The molecule has 1 N–H and O–H groups in total. The highest BCUT2D eigenvalue weighted by atomic mass is 16.5. The average Bonchev–Trinajstić information content (AvgIpc) is 2.84. The highest BCUT2D eigenvalue weighted by Crippen LogP contribution is 2.24. The van der Waals surface area contributed by atoms with E-state index < -0.39 is 6.04 Å². The lowest BCUT2D eigenvalue weighted by molar-refractivity contribution is -0.142. The first kappa shape index (κ1) is 25.0. The van der Waals surface area contributed by atoms with Gasteiger partial charge in [0.05, 0.1) is 0 Å². The molecule has 3 rings (SSSR count). The van der Waals surface area contributed by atoms with Gasteiger partial charge in [-0.2, -0.15) is 0 Å². The quantitative estimate of drug-likeness (QED) is 0.476. The van der Waals surface area contributed by atoms with E-state index in [0.29, 0.717) is 25.3 Å². The highest BCUT2D eigenvalue weighted by molar-refractivity contribution is 5.88.